The number of fused-ring (bicyclic) bond motifs is 1. The molecule has 0 saturated carbocycles. The zero-order valence-corrected chi connectivity index (χ0v) is 21.0. The number of piperidine rings is 1. The maximum Gasteiger partial charge on any atom is 0.338 e. The molecule has 1 aromatic heterocycles. The third-order valence-corrected chi connectivity index (χ3v) is 7.01. The van der Waals surface area contributed by atoms with Crippen molar-refractivity contribution in [2.75, 3.05) is 19.7 Å². The van der Waals surface area contributed by atoms with Crippen molar-refractivity contribution in [1.29, 1.82) is 5.41 Å². The Hall–Kier alpha value is -3.99. The summed E-state index contributed by atoms with van der Waals surface area (Å²) in [5, 5.41) is 15.0. The van der Waals surface area contributed by atoms with Crippen LogP contribution in [0, 0.1) is 5.41 Å². The number of hydrazone groups is 1. The molecule has 1 aromatic carbocycles. The van der Waals surface area contributed by atoms with Gasteiger partial charge in [0.2, 0.25) is 11.1 Å². The van der Waals surface area contributed by atoms with Crippen LogP contribution in [0.1, 0.15) is 48.7 Å². The lowest BCUT2D eigenvalue weighted by atomic mass is 10.1. The van der Waals surface area contributed by atoms with E-state index >= 15 is 0 Å². The van der Waals surface area contributed by atoms with E-state index in [1.165, 1.54) is 11.1 Å². The maximum atomic E-state index is 12.7. The quantitative estimate of drug-likeness (QED) is 0.448. The number of benzene rings is 1. The molecule has 1 saturated heterocycles. The van der Waals surface area contributed by atoms with Gasteiger partial charge in [0.15, 0.2) is 5.84 Å². The molecule has 11 heteroatoms. The molecule has 10 nitrogen and oxygen atoms in total. The number of amidine groups is 2. The van der Waals surface area contributed by atoms with Crippen LogP contribution in [-0.4, -0.2) is 63.4 Å². The van der Waals surface area contributed by atoms with Crippen LogP contribution in [0.3, 0.4) is 0 Å². The first-order valence-electron chi connectivity index (χ1n) is 12.1. The van der Waals surface area contributed by atoms with E-state index in [1.54, 1.807) is 43.3 Å². The molecule has 37 heavy (non-hydrogen) atoms. The molecule has 2 aromatic rings. The number of hydrogen-bond acceptors (Lipinski definition) is 8. The molecule has 0 radical (unpaired) electrons. The van der Waals surface area contributed by atoms with Crippen LogP contribution in [0.25, 0.3) is 17.4 Å². The number of hydrogen-bond donors (Lipinski definition) is 1. The highest BCUT2D eigenvalue weighted by molar-refractivity contribution is 8.27. The Labute approximate surface area is 217 Å². The number of nitrogens with one attached hydrogen (secondary N) is 1. The first-order valence-corrected chi connectivity index (χ1v) is 12.9. The molecule has 4 heterocycles. The largest absolute Gasteiger partial charge is 0.462 e. The van der Waals surface area contributed by atoms with Crippen molar-refractivity contribution < 1.29 is 23.5 Å². The molecule has 1 fully saturated rings. The number of carbonyl (C=O) groups excluding carboxylic acids is 3. The number of likely N-dealkylation sites (tertiary alicyclic amines) is 1. The Bertz CT molecular complexity index is 1350. The fraction of sp³-hybridized carbons (Fsp3) is 0.308. The van der Waals surface area contributed by atoms with E-state index in [0.29, 0.717) is 28.7 Å². The number of rotatable bonds is 6. The Morgan fingerprint density at radius 1 is 1.14 bits per heavy atom. The Kier molecular flexibility index (Phi) is 7.04. The number of ether oxygens (including phenoxy) is 1. The van der Waals surface area contributed by atoms with Gasteiger partial charge in [0.1, 0.15) is 16.6 Å². The first kappa shape index (κ1) is 24.7. The highest BCUT2D eigenvalue weighted by Crippen LogP contribution is 2.31. The highest BCUT2D eigenvalue weighted by Gasteiger charge is 2.36. The molecule has 3 aliphatic heterocycles. The van der Waals surface area contributed by atoms with Gasteiger partial charge >= 0.3 is 5.97 Å². The summed E-state index contributed by atoms with van der Waals surface area (Å²) < 4.78 is 10.9. The van der Waals surface area contributed by atoms with Crippen LogP contribution in [0.2, 0.25) is 0 Å². The second-order valence-electron chi connectivity index (χ2n) is 8.63. The maximum absolute atomic E-state index is 12.7. The zero-order chi connectivity index (χ0) is 25.9. The van der Waals surface area contributed by atoms with E-state index in [0.717, 1.165) is 49.7 Å². The summed E-state index contributed by atoms with van der Waals surface area (Å²) in [4.78, 5) is 43.1. The van der Waals surface area contributed by atoms with Crippen molar-refractivity contribution >= 4 is 51.7 Å². The molecule has 5 rings (SSSR count). The zero-order valence-electron chi connectivity index (χ0n) is 20.2. The van der Waals surface area contributed by atoms with Crippen LogP contribution in [0.5, 0.6) is 0 Å². The lowest BCUT2D eigenvalue weighted by Gasteiger charge is -2.26. The van der Waals surface area contributed by atoms with Gasteiger partial charge in [-0.3, -0.25) is 15.0 Å². The van der Waals surface area contributed by atoms with Crippen molar-refractivity contribution in [2.24, 2.45) is 10.1 Å². The lowest BCUT2D eigenvalue weighted by molar-refractivity contribution is -0.130. The molecule has 190 valence electrons. The fourth-order valence-corrected chi connectivity index (χ4v) is 5.08. The molecule has 0 bridgehead atoms. The van der Waals surface area contributed by atoms with E-state index in [1.807, 2.05) is 4.90 Å². The number of thioether (sulfide) groups is 1. The average Bonchev–Trinajstić information content (AvgIpc) is 3.54. The van der Waals surface area contributed by atoms with Crippen LogP contribution < -0.4 is 0 Å². The van der Waals surface area contributed by atoms with Crippen LogP contribution >= 0.6 is 11.8 Å². The average molecular weight is 520 g/mol. The lowest BCUT2D eigenvalue weighted by Crippen LogP contribution is -2.36. The second-order valence-corrected chi connectivity index (χ2v) is 9.67. The molecule has 0 unspecified atom stereocenters. The van der Waals surface area contributed by atoms with Gasteiger partial charge in [-0.15, -0.1) is 0 Å². The molecule has 3 aliphatic rings. The van der Waals surface area contributed by atoms with Gasteiger partial charge in [0, 0.05) is 18.7 Å². The summed E-state index contributed by atoms with van der Waals surface area (Å²) in [7, 11) is 0. The number of furan rings is 1. The van der Waals surface area contributed by atoms with Gasteiger partial charge in [0.05, 0.1) is 24.2 Å². The number of esters is 1. The van der Waals surface area contributed by atoms with Gasteiger partial charge in [-0.05, 0) is 68.3 Å². The molecular weight excluding hydrogens is 494 g/mol. The SMILES string of the molecule is CCOC(=O)c1ccc(-c2ccc(/C=C3/C(=N)N4N=C(CC(=O)N5CCCCC5)SC4=NC3=O)o2)cc1. The number of aliphatic imine (C=N–C) groups is 1. The third-order valence-electron chi connectivity index (χ3n) is 6.10. The summed E-state index contributed by atoms with van der Waals surface area (Å²) in [6.45, 7) is 3.56. The van der Waals surface area contributed by atoms with Gasteiger partial charge in [0.25, 0.3) is 5.91 Å². The van der Waals surface area contributed by atoms with E-state index in [4.69, 9.17) is 14.6 Å². The summed E-state index contributed by atoms with van der Waals surface area (Å²) >= 11 is 1.14. The van der Waals surface area contributed by atoms with Crippen molar-refractivity contribution in [2.45, 2.75) is 32.6 Å². The number of carbonyl (C=O) groups is 3. The van der Waals surface area contributed by atoms with E-state index < -0.39 is 11.9 Å². The summed E-state index contributed by atoms with van der Waals surface area (Å²) in [6.07, 6.45) is 4.73. The van der Waals surface area contributed by atoms with Gasteiger partial charge in [-0.1, -0.05) is 12.1 Å². The minimum atomic E-state index is -0.570. The Balaban J connectivity index is 1.29. The Morgan fingerprint density at radius 3 is 2.62 bits per heavy atom. The highest BCUT2D eigenvalue weighted by atomic mass is 32.2. The monoisotopic (exact) mass is 519 g/mol. The van der Waals surface area contributed by atoms with E-state index in [-0.39, 0.29) is 28.9 Å². The number of amides is 2. The molecular formula is C26H25N5O5S. The third kappa shape index (κ3) is 5.26. The Morgan fingerprint density at radius 2 is 1.89 bits per heavy atom. The van der Waals surface area contributed by atoms with Crippen molar-refractivity contribution in [3.05, 3.63) is 53.3 Å². The number of nitrogens with zero attached hydrogens (tertiary/aromatic N) is 4. The van der Waals surface area contributed by atoms with E-state index in [2.05, 4.69) is 10.1 Å². The minimum Gasteiger partial charge on any atom is -0.462 e. The summed E-state index contributed by atoms with van der Waals surface area (Å²) in [5.74, 6) is -0.186. The van der Waals surface area contributed by atoms with Gasteiger partial charge in [-0.25, -0.2) is 4.79 Å². The van der Waals surface area contributed by atoms with Crippen molar-refractivity contribution in [3.63, 3.8) is 0 Å². The fourth-order valence-electron chi connectivity index (χ4n) is 4.20. The summed E-state index contributed by atoms with van der Waals surface area (Å²) in [5.41, 5.74) is 1.22. The molecule has 0 atom stereocenters. The standard InChI is InChI=1S/C26H25N5O5S/c1-2-35-25(34)17-8-6-16(7-9-17)20-11-10-18(36-20)14-19-23(27)31-26(28-24(19)33)37-21(29-31)15-22(32)30-12-4-3-5-13-30/h6-11,14,27H,2-5,12-13,15H2,1H3/b19-14-,27-23?. The molecule has 0 spiro atoms. The topological polar surface area (TPSA) is 129 Å². The van der Waals surface area contributed by atoms with Gasteiger partial charge in [-0.2, -0.15) is 15.1 Å². The van der Waals surface area contributed by atoms with Crippen LogP contribution in [0.4, 0.5) is 0 Å². The van der Waals surface area contributed by atoms with E-state index in [9.17, 15) is 14.4 Å². The molecule has 2 amide bonds. The van der Waals surface area contributed by atoms with Crippen LogP contribution in [0.15, 0.2) is 56.5 Å². The van der Waals surface area contributed by atoms with Crippen molar-refractivity contribution in [1.82, 2.24) is 9.91 Å². The second kappa shape index (κ2) is 10.6. The molecule has 0 aliphatic carbocycles. The molecule has 1 N–H and O–H groups in total. The smallest absolute Gasteiger partial charge is 0.338 e. The minimum absolute atomic E-state index is 0.00146. The normalized spacial score (nSPS) is 18.6. The predicted octanol–water partition coefficient (Wildman–Crippen LogP) is 4.15. The first-order chi connectivity index (χ1) is 17.9. The predicted molar refractivity (Wildman–Crippen MR) is 140 cm³/mol. The van der Waals surface area contributed by atoms with Crippen LogP contribution in [-0.2, 0) is 14.3 Å². The van der Waals surface area contributed by atoms with Crippen molar-refractivity contribution in [3.8, 4) is 11.3 Å². The van der Waals surface area contributed by atoms with Gasteiger partial charge < -0.3 is 14.1 Å². The summed E-state index contributed by atoms with van der Waals surface area (Å²) in [6, 6.07) is 10.2.